The number of amides is 1. The predicted molar refractivity (Wildman–Crippen MR) is 75.4 cm³/mol. The molecule has 0 aliphatic rings. The summed E-state index contributed by atoms with van der Waals surface area (Å²) < 4.78 is 27.4. The van der Waals surface area contributed by atoms with Crippen LogP contribution in [0.25, 0.3) is 0 Å². The number of hydrogen-bond donors (Lipinski definition) is 2. The van der Waals surface area contributed by atoms with Gasteiger partial charge >= 0.3 is 0 Å². The molecule has 0 fully saturated rings. The topological polar surface area (TPSA) is 68.0 Å². The molecule has 0 saturated heterocycles. The van der Waals surface area contributed by atoms with E-state index in [9.17, 15) is 13.6 Å². The van der Waals surface area contributed by atoms with Gasteiger partial charge in [-0.05, 0) is 47.1 Å². The molecule has 3 N–H and O–H groups in total. The van der Waals surface area contributed by atoms with Gasteiger partial charge in [0.15, 0.2) is 0 Å². The molecule has 0 saturated carbocycles. The molecule has 7 heteroatoms. The van der Waals surface area contributed by atoms with E-state index in [1.807, 2.05) is 0 Å². The highest BCUT2D eigenvalue weighted by atomic mass is 79.9. The van der Waals surface area contributed by atoms with Crippen LogP contribution in [0.3, 0.4) is 0 Å². The van der Waals surface area contributed by atoms with Crippen LogP contribution in [0, 0.1) is 18.6 Å². The van der Waals surface area contributed by atoms with Crippen molar-refractivity contribution < 1.29 is 13.6 Å². The smallest absolute Gasteiger partial charge is 0.257 e. The normalized spacial score (nSPS) is 10.4. The Morgan fingerprint density at radius 3 is 2.45 bits per heavy atom. The largest absolute Gasteiger partial charge is 0.394 e. The van der Waals surface area contributed by atoms with Crippen molar-refractivity contribution in [3.63, 3.8) is 0 Å². The van der Waals surface area contributed by atoms with E-state index in [4.69, 9.17) is 5.73 Å². The van der Waals surface area contributed by atoms with Gasteiger partial charge in [-0.3, -0.25) is 4.79 Å². The summed E-state index contributed by atoms with van der Waals surface area (Å²) in [5.41, 5.74) is 5.04. The summed E-state index contributed by atoms with van der Waals surface area (Å²) in [6, 6.07) is 5.03. The van der Waals surface area contributed by atoms with Crippen LogP contribution in [0.1, 0.15) is 16.1 Å². The second-order valence-corrected chi connectivity index (χ2v) is 4.93. The number of nitrogens with zero attached hydrogens (tertiary/aromatic N) is 1. The first-order valence-electron chi connectivity index (χ1n) is 5.57. The Bertz CT molecular complexity index is 668. The molecule has 2 aromatic rings. The van der Waals surface area contributed by atoms with Gasteiger partial charge < -0.3 is 11.1 Å². The zero-order valence-corrected chi connectivity index (χ0v) is 12.0. The van der Waals surface area contributed by atoms with E-state index in [2.05, 4.69) is 26.2 Å². The number of halogens is 3. The number of anilines is 2. The molecule has 20 heavy (non-hydrogen) atoms. The third-order valence-electron chi connectivity index (χ3n) is 2.60. The van der Waals surface area contributed by atoms with E-state index in [1.54, 1.807) is 19.1 Å². The Hall–Kier alpha value is -2.02. The lowest BCUT2D eigenvalue weighted by atomic mass is 10.1. The Kier molecular flexibility index (Phi) is 3.99. The zero-order chi connectivity index (χ0) is 14.9. The molecule has 4 nitrogen and oxygen atoms in total. The maximum absolute atomic E-state index is 13.3. The number of nitrogen functional groups attached to an aromatic ring is 1. The standard InChI is InChI=1S/C13H10BrF2N3O/c1-6-8(14)2-3-11(18-6)19-13(20)7-4-9(15)12(17)10(16)5-7/h2-5H,17H2,1H3,(H,18,19,20). The SMILES string of the molecule is Cc1nc(NC(=O)c2cc(F)c(N)c(F)c2)ccc1Br. The maximum atomic E-state index is 13.3. The van der Waals surface area contributed by atoms with Gasteiger partial charge in [-0.25, -0.2) is 13.8 Å². The van der Waals surface area contributed by atoms with Gasteiger partial charge in [-0.15, -0.1) is 0 Å². The number of carbonyl (C=O) groups is 1. The van der Waals surface area contributed by atoms with Crippen molar-refractivity contribution in [2.75, 3.05) is 11.1 Å². The molecule has 1 amide bonds. The number of carbonyl (C=O) groups excluding carboxylic acids is 1. The van der Waals surface area contributed by atoms with Crippen LogP contribution in [0.4, 0.5) is 20.3 Å². The lowest BCUT2D eigenvalue weighted by Gasteiger charge is -2.07. The van der Waals surface area contributed by atoms with E-state index in [0.29, 0.717) is 5.69 Å². The van der Waals surface area contributed by atoms with E-state index < -0.39 is 23.2 Å². The number of hydrogen-bond acceptors (Lipinski definition) is 3. The average Bonchev–Trinajstić information content (AvgIpc) is 2.39. The Labute approximate surface area is 122 Å². The van der Waals surface area contributed by atoms with Crippen LogP contribution < -0.4 is 11.1 Å². The van der Waals surface area contributed by atoms with E-state index in [-0.39, 0.29) is 11.4 Å². The summed E-state index contributed by atoms with van der Waals surface area (Å²) in [5, 5.41) is 2.46. The molecule has 0 bridgehead atoms. The number of nitrogens with two attached hydrogens (primary N) is 1. The Morgan fingerprint density at radius 1 is 1.30 bits per heavy atom. The molecule has 1 aromatic heterocycles. The van der Waals surface area contributed by atoms with Gasteiger partial charge in [-0.1, -0.05) is 0 Å². The molecular formula is C13H10BrF2N3O. The first kappa shape index (κ1) is 14.4. The zero-order valence-electron chi connectivity index (χ0n) is 10.4. The van der Waals surface area contributed by atoms with Crippen molar-refractivity contribution >= 4 is 33.3 Å². The summed E-state index contributed by atoms with van der Waals surface area (Å²) in [5.74, 6) is -2.34. The minimum atomic E-state index is -0.977. The number of aromatic nitrogens is 1. The van der Waals surface area contributed by atoms with E-state index >= 15 is 0 Å². The quantitative estimate of drug-likeness (QED) is 0.823. The fraction of sp³-hybridized carbons (Fsp3) is 0.0769. The first-order valence-corrected chi connectivity index (χ1v) is 6.37. The van der Waals surface area contributed by atoms with Crippen LogP contribution in [-0.4, -0.2) is 10.9 Å². The fourth-order valence-electron chi connectivity index (χ4n) is 1.52. The molecule has 1 heterocycles. The Balaban J connectivity index is 2.26. The molecule has 0 spiro atoms. The number of pyridine rings is 1. The molecular weight excluding hydrogens is 332 g/mol. The van der Waals surface area contributed by atoms with Crippen LogP contribution in [0.15, 0.2) is 28.7 Å². The molecule has 1 aromatic carbocycles. The van der Waals surface area contributed by atoms with Gasteiger partial charge in [0.05, 0.1) is 5.69 Å². The highest BCUT2D eigenvalue weighted by Crippen LogP contribution is 2.19. The molecule has 0 unspecified atom stereocenters. The third-order valence-corrected chi connectivity index (χ3v) is 3.44. The van der Waals surface area contributed by atoms with Gasteiger partial charge in [-0.2, -0.15) is 0 Å². The predicted octanol–water partition coefficient (Wildman–Crippen LogP) is 3.27. The van der Waals surface area contributed by atoms with Gasteiger partial charge in [0, 0.05) is 10.0 Å². The Morgan fingerprint density at radius 2 is 1.90 bits per heavy atom. The second kappa shape index (κ2) is 5.54. The summed E-state index contributed by atoms with van der Waals surface area (Å²) in [7, 11) is 0. The molecule has 2 rings (SSSR count). The van der Waals surface area contributed by atoms with E-state index in [0.717, 1.165) is 16.6 Å². The third kappa shape index (κ3) is 2.93. The fourth-order valence-corrected chi connectivity index (χ4v) is 1.74. The summed E-state index contributed by atoms with van der Waals surface area (Å²) in [4.78, 5) is 16.0. The van der Waals surface area contributed by atoms with Crippen LogP contribution in [-0.2, 0) is 0 Å². The van der Waals surface area contributed by atoms with Crippen molar-refractivity contribution in [1.29, 1.82) is 0 Å². The summed E-state index contributed by atoms with van der Waals surface area (Å²) in [6.45, 7) is 1.75. The maximum Gasteiger partial charge on any atom is 0.257 e. The summed E-state index contributed by atoms with van der Waals surface area (Å²) in [6.07, 6.45) is 0. The van der Waals surface area contributed by atoms with Crippen LogP contribution in [0.5, 0.6) is 0 Å². The summed E-state index contributed by atoms with van der Waals surface area (Å²) >= 11 is 3.28. The first-order chi connectivity index (χ1) is 9.38. The molecule has 0 aliphatic carbocycles. The minimum Gasteiger partial charge on any atom is -0.394 e. The van der Waals surface area contributed by atoms with E-state index in [1.165, 1.54) is 0 Å². The highest BCUT2D eigenvalue weighted by molar-refractivity contribution is 9.10. The second-order valence-electron chi connectivity index (χ2n) is 4.07. The lowest BCUT2D eigenvalue weighted by Crippen LogP contribution is -2.14. The van der Waals surface area contributed by atoms with Gasteiger partial charge in [0.2, 0.25) is 0 Å². The number of aryl methyl sites for hydroxylation is 1. The van der Waals surface area contributed by atoms with Crippen LogP contribution >= 0.6 is 15.9 Å². The lowest BCUT2D eigenvalue weighted by molar-refractivity contribution is 0.102. The molecule has 0 atom stereocenters. The van der Waals surface area contributed by atoms with Crippen molar-refractivity contribution in [2.24, 2.45) is 0 Å². The molecule has 104 valence electrons. The van der Waals surface area contributed by atoms with Crippen molar-refractivity contribution in [3.8, 4) is 0 Å². The minimum absolute atomic E-state index is 0.170. The molecule has 0 aliphatic heterocycles. The van der Waals surface area contributed by atoms with Crippen molar-refractivity contribution in [2.45, 2.75) is 6.92 Å². The number of benzene rings is 1. The average molecular weight is 342 g/mol. The highest BCUT2D eigenvalue weighted by Gasteiger charge is 2.14. The molecule has 0 radical (unpaired) electrons. The number of rotatable bonds is 2. The van der Waals surface area contributed by atoms with Crippen LogP contribution in [0.2, 0.25) is 0 Å². The van der Waals surface area contributed by atoms with Gasteiger partial charge in [0.1, 0.15) is 23.1 Å². The van der Waals surface area contributed by atoms with Gasteiger partial charge in [0.25, 0.3) is 5.91 Å². The van der Waals surface area contributed by atoms with Crippen molar-refractivity contribution in [3.05, 3.63) is 51.6 Å². The van der Waals surface area contributed by atoms with Crippen molar-refractivity contribution in [1.82, 2.24) is 4.98 Å². The number of nitrogens with one attached hydrogen (secondary N) is 1. The monoisotopic (exact) mass is 341 g/mol.